The maximum atomic E-state index is 13.8. The summed E-state index contributed by atoms with van der Waals surface area (Å²) in [6.07, 6.45) is 4.45. The number of hydrogen-bond donors (Lipinski definition) is 2. The molecule has 202 valence electrons. The van der Waals surface area contributed by atoms with Gasteiger partial charge in [0.05, 0.1) is 23.3 Å². The van der Waals surface area contributed by atoms with Crippen molar-refractivity contribution in [3.8, 4) is 11.5 Å². The van der Waals surface area contributed by atoms with E-state index in [2.05, 4.69) is 49.0 Å². The molecule has 0 spiro atoms. The van der Waals surface area contributed by atoms with Crippen molar-refractivity contribution in [1.82, 2.24) is 20.2 Å². The number of nitrogens with one attached hydrogen (secondary N) is 2. The maximum Gasteiger partial charge on any atom is 0.255 e. The second-order valence-corrected chi connectivity index (χ2v) is 10.2. The molecule has 2 aromatic carbocycles. The lowest BCUT2D eigenvalue weighted by Gasteiger charge is -2.29. The Morgan fingerprint density at radius 2 is 1.95 bits per heavy atom. The number of hydrogen-bond acceptors (Lipinski definition) is 7. The van der Waals surface area contributed by atoms with Gasteiger partial charge in [-0.3, -0.25) is 4.79 Å². The molecule has 4 rings (SSSR count). The summed E-state index contributed by atoms with van der Waals surface area (Å²) in [4.78, 5) is 13.8. The van der Waals surface area contributed by atoms with Crippen molar-refractivity contribution in [2.45, 2.75) is 66.3 Å². The molecule has 9 nitrogen and oxygen atoms in total. The number of tetrazole rings is 1. The Balaban J connectivity index is 1.72. The number of halogens is 1. The van der Waals surface area contributed by atoms with Crippen LogP contribution in [0.2, 0.25) is 0 Å². The standard InChI is InChI=1S/C28H35BrN6O3/c1-6-8-9-10-14-38-26-21(29)15-20(16-23(26)37-7-2)25-24(19(5)30-28-32-33-34-35(25)28)27(36)31-22-13-11-12-17(3)18(22)4/h11-13,15-16,25H,6-10,14H2,1-5H3,(H,31,36)(H,30,32,34). The molecule has 1 unspecified atom stereocenters. The van der Waals surface area contributed by atoms with Gasteiger partial charge in [-0.05, 0) is 95.4 Å². The summed E-state index contributed by atoms with van der Waals surface area (Å²) < 4.78 is 14.5. The van der Waals surface area contributed by atoms with Gasteiger partial charge < -0.3 is 20.1 Å². The number of fused-ring (bicyclic) bond motifs is 1. The Hall–Kier alpha value is -3.40. The number of ether oxygens (including phenoxy) is 2. The zero-order valence-corrected chi connectivity index (χ0v) is 24.2. The molecule has 2 heterocycles. The number of benzene rings is 2. The average Bonchev–Trinajstić information content (AvgIpc) is 3.35. The zero-order valence-electron chi connectivity index (χ0n) is 22.6. The number of anilines is 2. The molecule has 3 aromatic rings. The van der Waals surface area contributed by atoms with Crippen LogP contribution in [0.1, 0.15) is 69.2 Å². The highest BCUT2D eigenvalue weighted by atomic mass is 79.9. The summed E-state index contributed by atoms with van der Waals surface area (Å²) in [5.74, 6) is 1.48. The van der Waals surface area contributed by atoms with E-state index in [0.29, 0.717) is 41.9 Å². The van der Waals surface area contributed by atoms with E-state index >= 15 is 0 Å². The van der Waals surface area contributed by atoms with Crippen LogP contribution < -0.4 is 20.1 Å². The number of nitrogens with zero attached hydrogens (tertiary/aromatic N) is 4. The number of carbonyl (C=O) groups excluding carboxylic acids is 1. The lowest BCUT2D eigenvalue weighted by atomic mass is 9.94. The molecule has 1 amide bonds. The van der Waals surface area contributed by atoms with Crippen molar-refractivity contribution in [3.63, 3.8) is 0 Å². The number of aryl methyl sites for hydroxylation is 1. The predicted molar refractivity (Wildman–Crippen MR) is 152 cm³/mol. The minimum Gasteiger partial charge on any atom is -0.490 e. The van der Waals surface area contributed by atoms with Gasteiger partial charge in [-0.25, -0.2) is 0 Å². The second kappa shape index (κ2) is 12.4. The van der Waals surface area contributed by atoms with Crippen molar-refractivity contribution >= 4 is 33.5 Å². The first kappa shape index (κ1) is 27.6. The maximum absolute atomic E-state index is 13.8. The van der Waals surface area contributed by atoms with E-state index in [4.69, 9.17) is 9.47 Å². The van der Waals surface area contributed by atoms with E-state index in [1.54, 1.807) is 4.68 Å². The topological polar surface area (TPSA) is 103 Å². The number of aromatic nitrogens is 4. The summed E-state index contributed by atoms with van der Waals surface area (Å²) in [6, 6.07) is 9.13. The number of rotatable bonds is 11. The molecule has 1 atom stereocenters. The Kier molecular flexibility index (Phi) is 9.04. The third kappa shape index (κ3) is 5.85. The minimum atomic E-state index is -0.583. The smallest absolute Gasteiger partial charge is 0.255 e. The highest BCUT2D eigenvalue weighted by Crippen LogP contribution is 2.43. The molecule has 0 saturated heterocycles. The number of carbonyl (C=O) groups is 1. The van der Waals surface area contributed by atoms with Crippen LogP contribution >= 0.6 is 15.9 Å². The molecule has 1 aliphatic heterocycles. The summed E-state index contributed by atoms with van der Waals surface area (Å²) >= 11 is 3.69. The third-order valence-electron chi connectivity index (χ3n) is 6.70. The zero-order chi connectivity index (χ0) is 27.2. The van der Waals surface area contributed by atoms with Crippen molar-refractivity contribution in [2.75, 3.05) is 23.8 Å². The molecule has 0 aliphatic carbocycles. The van der Waals surface area contributed by atoms with Crippen molar-refractivity contribution in [1.29, 1.82) is 0 Å². The first-order chi connectivity index (χ1) is 18.3. The number of amides is 1. The molecule has 0 saturated carbocycles. The Bertz CT molecular complexity index is 1340. The molecule has 10 heteroatoms. The number of allylic oxidation sites excluding steroid dienone is 1. The van der Waals surface area contributed by atoms with Gasteiger partial charge in [-0.15, -0.1) is 0 Å². The lowest BCUT2D eigenvalue weighted by molar-refractivity contribution is -0.113. The van der Waals surface area contributed by atoms with Crippen LogP contribution in [0.4, 0.5) is 11.6 Å². The quantitative estimate of drug-likeness (QED) is 0.254. The lowest BCUT2D eigenvalue weighted by Crippen LogP contribution is -2.31. The van der Waals surface area contributed by atoms with E-state index in [1.165, 1.54) is 12.8 Å². The Morgan fingerprint density at radius 3 is 2.71 bits per heavy atom. The van der Waals surface area contributed by atoms with Crippen LogP contribution in [0, 0.1) is 13.8 Å². The second-order valence-electron chi connectivity index (χ2n) is 9.39. The molecule has 1 aromatic heterocycles. The van der Waals surface area contributed by atoms with E-state index in [9.17, 15) is 4.79 Å². The summed E-state index contributed by atoms with van der Waals surface area (Å²) in [5.41, 5.74) is 4.85. The SMILES string of the molecule is CCCCCCOc1c(Br)cc(C2C(C(=O)Nc3cccc(C)c3C)=C(C)Nc3nnnn32)cc1OCC. The Morgan fingerprint density at radius 1 is 1.13 bits per heavy atom. The van der Waals surface area contributed by atoms with E-state index in [1.807, 2.05) is 58.0 Å². The first-order valence-corrected chi connectivity index (χ1v) is 13.9. The molecule has 0 radical (unpaired) electrons. The average molecular weight is 584 g/mol. The number of unbranched alkanes of at least 4 members (excludes halogenated alkanes) is 3. The van der Waals surface area contributed by atoms with Crippen LogP contribution in [0.15, 0.2) is 46.1 Å². The molecule has 0 bridgehead atoms. The molecule has 0 fully saturated rings. The summed E-state index contributed by atoms with van der Waals surface area (Å²) in [7, 11) is 0. The minimum absolute atomic E-state index is 0.236. The highest BCUT2D eigenvalue weighted by molar-refractivity contribution is 9.10. The monoisotopic (exact) mass is 582 g/mol. The van der Waals surface area contributed by atoms with Gasteiger partial charge in [0.15, 0.2) is 11.5 Å². The fourth-order valence-electron chi connectivity index (χ4n) is 4.54. The van der Waals surface area contributed by atoms with Crippen LogP contribution in [0.3, 0.4) is 0 Å². The Labute approximate surface area is 232 Å². The molecular formula is C28H35BrN6O3. The molecule has 2 N–H and O–H groups in total. The van der Waals surface area contributed by atoms with Crippen LogP contribution in [0.5, 0.6) is 11.5 Å². The fraction of sp³-hybridized carbons (Fsp3) is 0.429. The van der Waals surface area contributed by atoms with Crippen LogP contribution in [-0.2, 0) is 4.79 Å². The van der Waals surface area contributed by atoms with Crippen LogP contribution in [-0.4, -0.2) is 39.3 Å². The summed E-state index contributed by atoms with van der Waals surface area (Å²) in [5, 5.41) is 18.4. The van der Waals surface area contributed by atoms with Gasteiger partial charge in [0.1, 0.15) is 6.04 Å². The third-order valence-corrected chi connectivity index (χ3v) is 7.29. The fourth-order valence-corrected chi connectivity index (χ4v) is 5.12. The largest absolute Gasteiger partial charge is 0.490 e. The van der Waals surface area contributed by atoms with Crippen molar-refractivity contribution < 1.29 is 14.3 Å². The summed E-state index contributed by atoms with van der Waals surface area (Å²) in [6.45, 7) is 11.1. The van der Waals surface area contributed by atoms with Gasteiger partial charge in [0.2, 0.25) is 5.95 Å². The molecular weight excluding hydrogens is 548 g/mol. The van der Waals surface area contributed by atoms with Gasteiger partial charge in [-0.2, -0.15) is 4.68 Å². The van der Waals surface area contributed by atoms with Crippen LogP contribution in [0.25, 0.3) is 0 Å². The highest BCUT2D eigenvalue weighted by Gasteiger charge is 2.35. The molecule has 1 aliphatic rings. The van der Waals surface area contributed by atoms with E-state index in [0.717, 1.165) is 39.7 Å². The predicted octanol–water partition coefficient (Wildman–Crippen LogP) is 6.34. The first-order valence-electron chi connectivity index (χ1n) is 13.1. The van der Waals surface area contributed by atoms with Crippen molar-refractivity contribution in [3.05, 3.63) is 62.8 Å². The molecule has 38 heavy (non-hydrogen) atoms. The van der Waals surface area contributed by atoms with Gasteiger partial charge in [0.25, 0.3) is 5.91 Å². The van der Waals surface area contributed by atoms with Crippen molar-refractivity contribution in [2.24, 2.45) is 0 Å². The van der Waals surface area contributed by atoms with Gasteiger partial charge >= 0.3 is 0 Å². The van der Waals surface area contributed by atoms with Gasteiger partial charge in [-0.1, -0.05) is 43.4 Å². The normalized spacial score (nSPS) is 14.6. The van der Waals surface area contributed by atoms with E-state index in [-0.39, 0.29) is 5.91 Å². The van der Waals surface area contributed by atoms with E-state index < -0.39 is 6.04 Å². The van der Waals surface area contributed by atoms with Gasteiger partial charge in [0, 0.05) is 11.4 Å².